The Morgan fingerprint density at radius 1 is 1.13 bits per heavy atom. The number of hydrogen-bond acceptors (Lipinski definition) is 5. The van der Waals surface area contributed by atoms with E-state index in [1.54, 1.807) is 42.5 Å². The molecule has 0 saturated heterocycles. The average Bonchev–Trinajstić information content (AvgIpc) is 2.70. The third-order valence-corrected chi connectivity index (χ3v) is 4.66. The van der Waals surface area contributed by atoms with E-state index < -0.39 is 17.9 Å². The zero-order valence-corrected chi connectivity index (χ0v) is 17.2. The fraction of sp³-hybridized carbons (Fsp3) is 0.227. The van der Waals surface area contributed by atoms with Crippen LogP contribution in [0.3, 0.4) is 0 Å². The van der Waals surface area contributed by atoms with Crippen LogP contribution in [-0.2, 0) is 11.2 Å². The van der Waals surface area contributed by atoms with Crippen molar-refractivity contribution in [3.05, 3.63) is 64.9 Å². The van der Waals surface area contributed by atoms with Crippen molar-refractivity contribution >= 4 is 34.2 Å². The Hall–Kier alpha value is -3.32. The van der Waals surface area contributed by atoms with Gasteiger partial charge in [0, 0.05) is 17.2 Å². The zero-order chi connectivity index (χ0) is 21.8. The number of fused-ring (bicyclic) bond motifs is 1. The van der Waals surface area contributed by atoms with E-state index in [0.29, 0.717) is 16.5 Å². The van der Waals surface area contributed by atoms with Crippen LogP contribution in [0, 0.1) is 0 Å². The van der Waals surface area contributed by atoms with Gasteiger partial charge in [0.1, 0.15) is 16.9 Å². The Bertz CT molecular complexity index is 1090. The highest BCUT2D eigenvalue weighted by atomic mass is 35.5. The van der Waals surface area contributed by atoms with Gasteiger partial charge in [-0.1, -0.05) is 41.9 Å². The second-order valence-corrected chi connectivity index (χ2v) is 7.39. The maximum Gasteiger partial charge on any atom is 0.326 e. The van der Waals surface area contributed by atoms with Gasteiger partial charge in [0.05, 0.1) is 6.10 Å². The van der Waals surface area contributed by atoms with Crippen LogP contribution in [0.5, 0.6) is 11.5 Å². The first-order valence-electron chi connectivity index (χ1n) is 9.32. The van der Waals surface area contributed by atoms with E-state index in [1.165, 1.54) is 0 Å². The molecule has 0 fully saturated rings. The summed E-state index contributed by atoms with van der Waals surface area (Å²) in [5, 5.41) is 23.2. The van der Waals surface area contributed by atoms with Gasteiger partial charge >= 0.3 is 5.97 Å². The minimum atomic E-state index is -1.20. The lowest BCUT2D eigenvalue weighted by Gasteiger charge is -2.16. The summed E-state index contributed by atoms with van der Waals surface area (Å²) in [4.78, 5) is 28.3. The lowest BCUT2D eigenvalue weighted by molar-refractivity contribution is -0.139. The van der Waals surface area contributed by atoms with Crippen LogP contribution in [0.1, 0.15) is 29.9 Å². The Labute approximate surface area is 178 Å². The molecule has 3 aromatic rings. The number of amides is 1. The van der Waals surface area contributed by atoms with Gasteiger partial charge in [-0.25, -0.2) is 9.78 Å². The Kier molecular flexibility index (Phi) is 6.42. The first kappa shape index (κ1) is 21.4. The molecule has 0 aliphatic rings. The van der Waals surface area contributed by atoms with E-state index in [0.717, 1.165) is 5.56 Å². The fourth-order valence-electron chi connectivity index (χ4n) is 3.02. The maximum absolute atomic E-state index is 12.7. The number of carbonyl (C=O) groups is 2. The van der Waals surface area contributed by atoms with E-state index in [1.807, 2.05) is 19.9 Å². The molecular formula is C22H21ClN2O5. The highest BCUT2D eigenvalue weighted by molar-refractivity contribution is 6.35. The maximum atomic E-state index is 12.7. The van der Waals surface area contributed by atoms with E-state index in [9.17, 15) is 19.8 Å². The molecule has 30 heavy (non-hydrogen) atoms. The molecule has 156 valence electrons. The molecule has 0 radical (unpaired) electrons. The van der Waals surface area contributed by atoms with Crippen molar-refractivity contribution in [3.8, 4) is 11.5 Å². The molecule has 0 unspecified atom stereocenters. The number of carboxylic acids is 1. The van der Waals surface area contributed by atoms with Crippen LogP contribution in [0.15, 0.2) is 48.5 Å². The van der Waals surface area contributed by atoms with Crippen molar-refractivity contribution in [1.82, 2.24) is 10.3 Å². The standard InChI is InChI=1S/C22H21ClN2O5/c1-12(2)30-14-8-9-15-16(11-14)20(23)25-18(19(15)26)21(27)24-17(22(28)29)10-13-6-4-3-5-7-13/h3-9,11-12,17,26H,10H2,1-2H3,(H,24,27)(H,28,29)/t17-/m1/s1. The van der Waals surface area contributed by atoms with Crippen LogP contribution in [-0.4, -0.2) is 39.2 Å². The SMILES string of the molecule is CC(C)Oc1ccc2c(O)c(C(=O)N[C@H](Cc3ccccc3)C(=O)O)nc(Cl)c2c1. The summed E-state index contributed by atoms with van der Waals surface area (Å²) in [6.45, 7) is 3.76. The summed E-state index contributed by atoms with van der Waals surface area (Å²) >= 11 is 6.24. The third-order valence-electron chi connectivity index (χ3n) is 4.38. The van der Waals surface area contributed by atoms with Crippen molar-refractivity contribution in [2.75, 3.05) is 0 Å². The first-order chi connectivity index (χ1) is 14.3. The summed E-state index contributed by atoms with van der Waals surface area (Å²) in [6, 6.07) is 12.6. The molecule has 2 aromatic carbocycles. The van der Waals surface area contributed by atoms with Crippen molar-refractivity contribution < 1.29 is 24.5 Å². The first-order valence-corrected chi connectivity index (χ1v) is 9.70. The van der Waals surface area contributed by atoms with E-state index in [-0.39, 0.29) is 29.1 Å². The quantitative estimate of drug-likeness (QED) is 0.494. The number of carbonyl (C=O) groups excluding carboxylic acids is 1. The Morgan fingerprint density at radius 2 is 1.83 bits per heavy atom. The van der Waals surface area contributed by atoms with Gasteiger partial charge in [-0.15, -0.1) is 0 Å². The van der Waals surface area contributed by atoms with Crippen LogP contribution >= 0.6 is 11.6 Å². The molecule has 1 heterocycles. The number of ether oxygens (including phenoxy) is 1. The number of nitrogens with zero attached hydrogens (tertiary/aromatic N) is 1. The van der Waals surface area contributed by atoms with Gasteiger partial charge in [0.25, 0.3) is 5.91 Å². The molecule has 0 spiro atoms. The third kappa shape index (κ3) is 4.80. The van der Waals surface area contributed by atoms with E-state index >= 15 is 0 Å². The largest absolute Gasteiger partial charge is 0.505 e. The summed E-state index contributed by atoms with van der Waals surface area (Å²) in [5.74, 6) is -1.87. The van der Waals surface area contributed by atoms with E-state index in [4.69, 9.17) is 16.3 Å². The molecule has 7 nitrogen and oxygen atoms in total. The number of benzene rings is 2. The topological polar surface area (TPSA) is 109 Å². The monoisotopic (exact) mass is 428 g/mol. The van der Waals surface area contributed by atoms with Crippen molar-refractivity contribution in [2.24, 2.45) is 0 Å². The molecule has 1 amide bonds. The molecule has 0 aliphatic carbocycles. The molecular weight excluding hydrogens is 408 g/mol. The van der Waals surface area contributed by atoms with Gasteiger partial charge in [-0.2, -0.15) is 0 Å². The molecule has 8 heteroatoms. The lowest BCUT2D eigenvalue weighted by Crippen LogP contribution is -2.42. The molecule has 3 N–H and O–H groups in total. The molecule has 0 saturated carbocycles. The van der Waals surface area contributed by atoms with Gasteiger partial charge in [-0.05, 0) is 37.6 Å². The highest BCUT2D eigenvalue weighted by Crippen LogP contribution is 2.34. The van der Waals surface area contributed by atoms with Crippen LogP contribution in [0.4, 0.5) is 0 Å². The minimum absolute atomic E-state index is 0.00269. The number of aliphatic carboxylic acids is 1. The van der Waals surface area contributed by atoms with Crippen LogP contribution in [0.2, 0.25) is 5.15 Å². The molecule has 1 aromatic heterocycles. The van der Waals surface area contributed by atoms with Crippen molar-refractivity contribution in [3.63, 3.8) is 0 Å². The number of aromatic nitrogens is 1. The van der Waals surface area contributed by atoms with Crippen LogP contribution in [0.25, 0.3) is 10.8 Å². The summed E-state index contributed by atoms with van der Waals surface area (Å²) < 4.78 is 5.62. The molecule has 1 atom stereocenters. The van der Waals surface area contributed by atoms with Gasteiger partial charge in [0.15, 0.2) is 11.4 Å². The predicted octanol–water partition coefficient (Wildman–Crippen LogP) is 3.81. The number of rotatable bonds is 7. The summed E-state index contributed by atoms with van der Waals surface area (Å²) in [7, 11) is 0. The van der Waals surface area contributed by atoms with Crippen molar-refractivity contribution in [1.29, 1.82) is 0 Å². The highest BCUT2D eigenvalue weighted by Gasteiger charge is 2.25. The molecule has 0 aliphatic heterocycles. The molecule has 3 rings (SSSR count). The fourth-order valence-corrected chi connectivity index (χ4v) is 3.26. The summed E-state index contributed by atoms with van der Waals surface area (Å²) in [6.07, 6.45) is 0.0327. The number of pyridine rings is 1. The Morgan fingerprint density at radius 3 is 2.47 bits per heavy atom. The number of nitrogens with one attached hydrogen (secondary N) is 1. The number of hydrogen-bond donors (Lipinski definition) is 3. The predicted molar refractivity (Wildman–Crippen MR) is 113 cm³/mol. The number of carboxylic acid groups (broad SMARTS) is 1. The smallest absolute Gasteiger partial charge is 0.326 e. The van der Waals surface area contributed by atoms with Gasteiger partial charge in [-0.3, -0.25) is 4.79 Å². The minimum Gasteiger partial charge on any atom is -0.505 e. The van der Waals surface area contributed by atoms with Crippen LogP contribution < -0.4 is 10.1 Å². The zero-order valence-electron chi connectivity index (χ0n) is 16.4. The average molecular weight is 429 g/mol. The van der Waals surface area contributed by atoms with Gasteiger partial charge in [0.2, 0.25) is 0 Å². The Balaban J connectivity index is 1.90. The number of halogens is 1. The molecule has 0 bridgehead atoms. The summed E-state index contributed by atoms with van der Waals surface area (Å²) in [5.41, 5.74) is 0.404. The second kappa shape index (κ2) is 9.00. The van der Waals surface area contributed by atoms with Crippen molar-refractivity contribution in [2.45, 2.75) is 32.4 Å². The normalized spacial score (nSPS) is 12.0. The lowest BCUT2D eigenvalue weighted by atomic mass is 10.1. The van der Waals surface area contributed by atoms with Gasteiger partial charge < -0.3 is 20.3 Å². The number of aromatic hydroxyl groups is 1. The second-order valence-electron chi connectivity index (χ2n) is 7.03. The van der Waals surface area contributed by atoms with E-state index in [2.05, 4.69) is 10.3 Å².